The van der Waals surface area contributed by atoms with Gasteiger partial charge < -0.3 is 14.8 Å². The van der Waals surface area contributed by atoms with Gasteiger partial charge in [0, 0.05) is 23.7 Å². The molecule has 0 aliphatic carbocycles. The van der Waals surface area contributed by atoms with Gasteiger partial charge in [-0.3, -0.25) is 4.79 Å². The van der Waals surface area contributed by atoms with Crippen LogP contribution in [0.5, 0.6) is 5.75 Å². The number of rotatable bonds is 8. The van der Waals surface area contributed by atoms with Crippen molar-refractivity contribution < 1.29 is 22.7 Å². The summed E-state index contributed by atoms with van der Waals surface area (Å²) < 4.78 is 37.9. The van der Waals surface area contributed by atoms with Crippen LogP contribution in [0.4, 0.5) is 5.69 Å². The summed E-state index contributed by atoms with van der Waals surface area (Å²) in [5.74, 6) is 0.547. The van der Waals surface area contributed by atoms with Gasteiger partial charge in [-0.1, -0.05) is 18.2 Å². The fraction of sp³-hybridized carbons (Fsp3) is 0.286. The second kappa shape index (κ2) is 10.1. The van der Waals surface area contributed by atoms with Crippen LogP contribution in [0.3, 0.4) is 0 Å². The van der Waals surface area contributed by atoms with E-state index < -0.39 is 15.9 Å². The first kappa shape index (κ1) is 22.4. The van der Waals surface area contributed by atoms with Crippen LogP contribution in [-0.2, 0) is 14.8 Å². The van der Waals surface area contributed by atoms with Gasteiger partial charge in [0.05, 0.1) is 36.5 Å². The Labute approximate surface area is 181 Å². The van der Waals surface area contributed by atoms with Crippen molar-refractivity contribution in [1.29, 1.82) is 0 Å². The third-order valence-electron chi connectivity index (χ3n) is 4.52. The molecule has 0 bridgehead atoms. The maximum absolute atomic E-state index is 13.0. The van der Waals surface area contributed by atoms with Crippen LogP contribution in [0.2, 0.25) is 0 Å². The molecular weight excluding hydrogens is 424 g/mol. The lowest BCUT2D eigenvalue weighted by molar-refractivity contribution is 0.0730. The third-order valence-corrected chi connectivity index (χ3v) is 7.48. The molecule has 160 valence electrons. The van der Waals surface area contributed by atoms with Crippen molar-refractivity contribution >= 4 is 33.4 Å². The standard InChI is InChI=1S/C21H24N2O5S2/c1-3-14-29-20-7-5-4-6-18(20)22-21(24)17-15-16(8-9-19(17)27-2)30(25,26)23-10-12-28-13-11-23/h3-9,15H,1,10-14H2,2H3,(H,22,24). The highest BCUT2D eigenvalue weighted by Crippen LogP contribution is 2.30. The first-order chi connectivity index (χ1) is 14.5. The van der Waals surface area contributed by atoms with Gasteiger partial charge in [-0.05, 0) is 30.3 Å². The molecule has 9 heteroatoms. The molecule has 1 heterocycles. The van der Waals surface area contributed by atoms with E-state index in [4.69, 9.17) is 9.47 Å². The third kappa shape index (κ3) is 5.04. The quantitative estimate of drug-likeness (QED) is 0.493. The zero-order valence-electron chi connectivity index (χ0n) is 16.7. The lowest BCUT2D eigenvalue weighted by Gasteiger charge is -2.26. The lowest BCUT2D eigenvalue weighted by Crippen LogP contribution is -2.40. The first-order valence-corrected chi connectivity index (χ1v) is 11.8. The highest BCUT2D eigenvalue weighted by Gasteiger charge is 2.28. The monoisotopic (exact) mass is 448 g/mol. The molecule has 1 fully saturated rings. The Balaban J connectivity index is 1.90. The molecule has 7 nitrogen and oxygen atoms in total. The van der Waals surface area contributed by atoms with E-state index in [1.54, 1.807) is 23.9 Å². The average Bonchev–Trinajstić information content (AvgIpc) is 2.78. The highest BCUT2D eigenvalue weighted by atomic mass is 32.2. The number of sulfonamides is 1. The van der Waals surface area contributed by atoms with Gasteiger partial charge in [-0.2, -0.15) is 4.31 Å². The fourth-order valence-electron chi connectivity index (χ4n) is 3.00. The number of morpholine rings is 1. The van der Waals surface area contributed by atoms with Crippen molar-refractivity contribution in [2.24, 2.45) is 0 Å². The molecule has 30 heavy (non-hydrogen) atoms. The topological polar surface area (TPSA) is 84.9 Å². The van der Waals surface area contributed by atoms with Gasteiger partial charge in [-0.15, -0.1) is 18.3 Å². The summed E-state index contributed by atoms with van der Waals surface area (Å²) in [6.07, 6.45) is 1.78. The van der Waals surface area contributed by atoms with Gasteiger partial charge in [0.2, 0.25) is 10.0 Å². The second-order valence-corrected chi connectivity index (χ2v) is 9.43. The van der Waals surface area contributed by atoms with Gasteiger partial charge in [0.1, 0.15) is 5.75 Å². The number of anilines is 1. The molecule has 1 saturated heterocycles. The minimum absolute atomic E-state index is 0.0460. The maximum Gasteiger partial charge on any atom is 0.259 e. The van der Waals surface area contributed by atoms with E-state index in [1.807, 2.05) is 18.2 Å². The fourth-order valence-corrected chi connectivity index (χ4v) is 5.18. The molecule has 0 spiro atoms. The van der Waals surface area contributed by atoms with Gasteiger partial charge >= 0.3 is 0 Å². The van der Waals surface area contributed by atoms with E-state index in [2.05, 4.69) is 11.9 Å². The summed E-state index contributed by atoms with van der Waals surface area (Å²) in [7, 11) is -2.29. The molecular formula is C21H24N2O5S2. The predicted octanol–water partition coefficient (Wildman–Crippen LogP) is 3.25. The van der Waals surface area contributed by atoms with Gasteiger partial charge in [-0.25, -0.2) is 8.42 Å². The van der Waals surface area contributed by atoms with Crippen molar-refractivity contribution in [3.05, 3.63) is 60.7 Å². The highest BCUT2D eigenvalue weighted by molar-refractivity contribution is 7.99. The summed E-state index contributed by atoms with van der Waals surface area (Å²) in [5, 5.41) is 2.87. The number of nitrogens with one attached hydrogen (secondary N) is 1. The van der Waals surface area contributed by atoms with Crippen molar-refractivity contribution in [2.45, 2.75) is 9.79 Å². The number of amides is 1. The Kier molecular flexibility index (Phi) is 7.54. The minimum atomic E-state index is -3.73. The Morgan fingerprint density at radius 2 is 2.00 bits per heavy atom. The predicted molar refractivity (Wildman–Crippen MR) is 118 cm³/mol. The van der Waals surface area contributed by atoms with Crippen LogP contribution >= 0.6 is 11.8 Å². The molecule has 0 atom stereocenters. The molecule has 0 radical (unpaired) electrons. The van der Waals surface area contributed by atoms with Crippen LogP contribution in [0.25, 0.3) is 0 Å². The number of benzene rings is 2. The Bertz CT molecular complexity index is 1020. The summed E-state index contributed by atoms with van der Waals surface area (Å²) >= 11 is 1.54. The van der Waals surface area contributed by atoms with E-state index in [0.29, 0.717) is 30.4 Å². The molecule has 1 N–H and O–H groups in total. The molecule has 3 rings (SSSR count). The number of hydrogen-bond acceptors (Lipinski definition) is 6. The second-order valence-electron chi connectivity index (χ2n) is 6.43. The van der Waals surface area contributed by atoms with Crippen LogP contribution in [0.1, 0.15) is 10.4 Å². The maximum atomic E-state index is 13.0. The van der Waals surface area contributed by atoms with Gasteiger partial charge in [0.15, 0.2) is 0 Å². The normalized spacial score (nSPS) is 14.8. The van der Waals surface area contributed by atoms with Crippen molar-refractivity contribution in [2.75, 3.05) is 44.5 Å². The van der Waals surface area contributed by atoms with Crippen molar-refractivity contribution in [3.63, 3.8) is 0 Å². The molecule has 1 amide bonds. The molecule has 0 saturated carbocycles. The van der Waals surface area contributed by atoms with E-state index in [-0.39, 0.29) is 23.5 Å². The summed E-state index contributed by atoms with van der Waals surface area (Å²) in [5.41, 5.74) is 0.785. The summed E-state index contributed by atoms with van der Waals surface area (Å²) in [6.45, 7) is 4.98. The zero-order chi connectivity index (χ0) is 21.6. The minimum Gasteiger partial charge on any atom is -0.496 e. The average molecular weight is 449 g/mol. The summed E-state index contributed by atoms with van der Waals surface area (Å²) in [6, 6.07) is 11.7. The number of carbonyl (C=O) groups is 1. The number of thioether (sulfide) groups is 1. The van der Waals surface area contributed by atoms with Crippen LogP contribution in [0.15, 0.2) is 64.9 Å². The van der Waals surface area contributed by atoms with Gasteiger partial charge in [0.25, 0.3) is 5.91 Å². The Morgan fingerprint density at radius 1 is 1.27 bits per heavy atom. The van der Waals surface area contributed by atoms with E-state index >= 15 is 0 Å². The molecule has 0 unspecified atom stereocenters. The molecule has 1 aliphatic rings. The lowest BCUT2D eigenvalue weighted by atomic mass is 10.2. The molecule has 2 aromatic rings. The number of ether oxygens (including phenoxy) is 2. The van der Waals surface area contributed by atoms with E-state index in [0.717, 1.165) is 4.90 Å². The number of nitrogens with zero attached hydrogens (tertiary/aromatic N) is 1. The van der Waals surface area contributed by atoms with Crippen molar-refractivity contribution in [3.8, 4) is 5.75 Å². The SMILES string of the molecule is C=CCSc1ccccc1NC(=O)c1cc(S(=O)(=O)N2CCOCC2)ccc1OC. The molecule has 0 aromatic heterocycles. The smallest absolute Gasteiger partial charge is 0.259 e. The number of carbonyl (C=O) groups excluding carboxylic acids is 1. The number of para-hydroxylation sites is 1. The van der Waals surface area contributed by atoms with Crippen LogP contribution < -0.4 is 10.1 Å². The largest absolute Gasteiger partial charge is 0.496 e. The Hall–Kier alpha value is -2.33. The van der Waals surface area contributed by atoms with E-state index in [9.17, 15) is 13.2 Å². The Morgan fingerprint density at radius 3 is 2.70 bits per heavy atom. The molecule has 2 aromatic carbocycles. The molecule has 1 aliphatic heterocycles. The van der Waals surface area contributed by atoms with Crippen LogP contribution in [-0.4, -0.2) is 57.8 Å². The summed E-state index contributed by atoms with van der Waals surface area (Å²) in [4.78, 5) is 14.0. The number of hydrogen-bond donors (Lipinski definition) is 1. The number of methoxy groups -OCH3 is 1. The van der Waals surface area contributed by atoms with E-state index in [1.165, 1.54) is 29.6 Å². The zero-order valence-corrected chi connectivity index (χ0v) is 18.3. The first-order valence-electron chi connectivity index (χ1n) is 9.37. The van der Waals surface area contributed by atoms with Crippen molar-refractivity contribution in [1.82, 2.24) is 4.31 Å². The van der Waals surface area contributed by atoms with Crippen LogP contribution in [0, 0.1) is 0 Å².